The van der Waals surface area contributed by atoms with Crippen LogP contribution in [0.5, 0.6) is 11.5 Å². The topological polar surface area (TPSA) is 87.9 Å². The zero-order valence-electron chi connectivity index (χ0n) is 16.5. The first-order valence-corrected chi connectivity index (χ1v) is 10.1. The lowest BCUT2D eigenvalue weighted by Crippen LogP contribution is -2.56. The molecule has 0 spiro atoms. The molecule has 0 saturated carbocycles. The van der Waals surface area contributed by atoms with Crippen molar-refractivity contribution in [3.05, 3.63) is 64.2 Å². The minimum Gasteiger partial charge on any atom is -0.496 e. The molecule has 0 amide bonds. The maximum absolute atomic E-state index is 12.3. The van der Waals surface area contributed by atoms with E-state index >= 15 is 0 Å². The lowest BCUT2D eigenvalue weighted by atomic mass is 9.83. The van der Waals surface area contributed by atoms with Crippen LogP contribution in [0.3, 0.4) is 0 Å². The summed E-state index contributed by atoms with van der Waals surface area (Å²) in [4.78, 5) is 24.9. The molecule has 7 nitrogen and oxygen atoms in total. The zero-order valence-corrected chi connectivity index (χ0v) is 17.3. The number of benzene rings is 2. The number of hydrogen-bond donors (Lipinski definition) is 0. The third kappa shape index (κ3) is 4.03. The minimum absolute atomic E-state index is 0.205. The molecule has 0 unspecified atom stereocenters. The van der Waals surface area contributed by atoms with Crippen LogP contribution in [0.25, 0.3) is 0 Å². The highest BCUT2D eigenvalue weighted by Gasteiger charge is 2.59. The summed E-state index contributed by atoms with van der Waals surface area (Å²) >= 11 is 1.34. The van der Waals surface area contributed by atoms with Crippen molar-refractivity contribution in [1.29, 1.82) is 0 Å². The second kappa shape index (κ2) is 8.73. The number of esters is 1. The number of ether oxygens (including phenoxy) is 3. The molecule has 1 aliphatic rings. The molecule has 3 atom stereocenters. The molecule has 1 aliphatic heterocycles. The van der Waals surface area contributed by atoms with Crippen molar-refractivity contribution in [2.75, 3.05) is 13.7 Å². The number of thioether (sulfide) groups is 1. The van der Waals surface area contributed by atoms with Crippen LogP contribution in [-0.4, -0.2) is 36.3 Å². The second-order valence-electron chi connectivity index (χ2n) is 6.79. The monoisotopic (exact) mass is 417 g/mol. The molecular weight excluding hydrogens is 394 g/mol. The van der Waals surface area contributed by atoms with Gasteiger partial charge in [-0.1, -0.05) is 30.3 Å². The van der Waals surface area contributed by atoms with E-state index in [1.807, 2.05) is 36.4 Å². The van der Waals surface area contributed by atoms with Crippen molar-refractivity contribution in [1.82, 2.24) is 0 Å². The Morgan fingerprint density at radius 2 is 1.93 bits per heavy atom. The van der Waals surface area contributed by atoms with Gasteiger partial charge in [0.15, 0.2) is 6.10 Å². The zero-order chi connectivity index (χ0) is 21.0. The Kier molecular flexibility index (Phi) is 6.32. The van der Waals surface area contributed by atoms with Crippen LogP contribution < -0.4 is 9.47 Å². The molecule has 0 aromatic heterocycles. The van der Waals surface area contributed by atoms with E-state index in [-0.39, 0.29) is 18.0 Å². The van der Waals surface area contributed by atoms with E-state index in [2.05, 4.69) is 0 Å². The minimum atomic E-state index is -1.56. The number of nitro groups is 1. The summed E-state index contributed by atoms with van der Waals surface area (Å²) in [5, 5.41) is 11.7. The molecule has 2 aromatic carbocycles. The van der Waals surface area contributed by atoms with Gasteiger partial charge in [-0.15, -0.1) is 11.8 Å². The number of carbonyl (C=O) groups is 1. The third-order valence-corrected chi connectivity index (χ3v) is 6.58. The van der Waals surface area contributed by atoms with E-state index in [0.29, 0.717) is 17.1 Å². The number of carbonyl (C=O) groups excluding carboxylic acids is 1. The molecule has 29 heavy (non-hydrogen) atoms. The van der Waals surface area contributed by atoms with E-state index < -0.39 is 22.9 Å². The quantitative estimate of drug-likeness (QED) is 0.377. The highest BCUT2D eigenvalue weighted by Crippen LogP contribution is 2.54. The van der Waals surface area contributed by atoms with E-state index in [4.69, 9.17) is 14.2 Å². The molecule has 0 bridgehead atoms. The fraction of sp³-hybridized carbons (Fsp3) is 0.381. The van der Waals surface area contributed by atoms with Gasteiger partial charge in [0.2, 0.25) is 0 Å². The number of rotatable bonds is 7. The molecule has 154 valence electrons. The lowest BCUT2D eigenvalue weighted by Gasteiger charge is -2.40. The Hall–Kier alpha value is -2.74. The first-order valence-electron chi connectivity index (χ1n) is 9.27. The number of methoxy groups -OCH3 is 1. The predicted octanol–water partition coefficient (Wildman–Crippen LogP) is 4.28. The molecule has 0 saturated heterocycles. The number of hydrogen-bond acceptors (Lipinski definition) is 7. The largest absolute Gasteiger partial charge is 0.496 e. The van der Waals surface area contributed by atoms with E-state index in [1.54, 1.807) is 26.2 Å². The fourth-order valence-electron chi connectivity index (χ4n) is 3.42. The summed E-state index contributed by atoms with van der Waals surface area (Å²) in [5.74, 6) is 0.647. The summed E-state index contributed by atoms with van der Waals surface area (Å²) in [6.45, 7) is 3.43. The van der Waals surface area contributed by atoms with Crippen LogP contribution in [0.1, 0.15) is 31.1 Å². The van der Waals surface area contributed by atoms with Crippen LogP contribution >= 0.6 is 11.8 Å². The van der Waals surface area contributed by atoms with Gasteiger partial charge in [0, 0.05) is 17.4 Å². The van der Waals surface area contributed by atoms with Gasteiger partial charge in [0.25, 0.3) is 5.54 Å². The average molecular weight is 417 g/mol. The Bertz CT molecular complexity index is 904. The van der Waals surface area contributed by atoms with Crippen molar-refractivity contribution in [2.24, 2.45) is 0 Å². The van der Waals surface area contributed by atoms with Gasteiger partial charge in [0.1, 0.15) is 16.7 Å². The normalized spacial score (nSPS) is 22.9. The third-order valence-electron chi connectivity index (χ3n) is 5.02. The Balaban J connectivity index is 2.08. The van der Waals surface area contributed by atoms with Crippen LogP contribution in [0.2, 0.25) is 0 Å². The van der Waals surface area contributed by atoms with Gasteiger partial charge in [-0.3, -0.25) is 14.9 Å². The average Bonchev–Trinajstić information content (AvgIpc) is 2.71. The van der Waals surface area contributed by atoms with Gasteiger partial charge < -0.3 is 14.2 Å². The van der Waals surface area contributed by atoms with Crippen molar-refractivity contribution in [3.63, 3.8) is 0 Å². The van der Waals surface area contributed by atoms with Crippen molar-refractivity contribution >= 4 is 17.7 Å². The smallest absolute Gasteiger partial charge is 0.309 e. The SMILES string of the molecule is CCOC(=O)C[C@H]1Oc2ccccc2[C@@H](Sc2ccccc2OC)[C@]1(C)[N+](=O)[O-]. The maximum atomic E-state index is 12.3. The lowest BCUT2D eigenvalue weighted by molar-refractivity contribution is -0.578. The Labute approximate surface area is 173 Å². The molecule has 8 heteroatoms. The molecular formula is C21H23NO6S. The molecule has 2 aromatic rings. The maximum Gasteiger partial charge on any atom is 0.309 e. The van der Waals surface area contributed by atoms with E-state index in [1.165, 1.54) is 18.7 Å². The molecule has 1 heterocycles. The number of fused-ring (bicyclic) bond motifs is 1. The molecule has 3 rings (SSSR count). The summed E-state index contributed by atoms with van der Waals surface area (Å²) in [7, 11) is 1.56. The fourth-order valence-corrected chi connectivity index (χ4v) is 4.90. The first kappa shape index (κ1) is 21.0. The van der Waals surface area contributed by atoms with Crippen LogP contribution in [0.4, 0.5) is 0 Å². The van der Waals surface area contributed by atoms with Crippen LogP contribution in [0, 0.1) is 10.1 Å². The van der Waals surface area contributed by atoms with Gasteiger partial charge in [0.05, 0.1) is 25.0 Å². The summed E-state index contributed by atoms with van der Waals surface area (Å²) in [5.41, 5.74) is -0.852. The van der Waals surface area contributed by atoms with Crippen molar-refractivity contribution in [2.45, 2.75) is 42.1 Å². The molecule has 0 radical (unpaired) electrons. The Morgan fingerprint density at radius 1 is 1.24 bits per heavy atom. The number of nitrogens with zero attached hydrogens (tertiary/aromatic N) is 1. The van der Waals surface area contributed by atoms with Gasteiger partial charge >= 0.3 is 5.97 Å². The van der Waals surface area contributed by atoms with E-state index in [9.17, 15) is 14.9 Å². The Morgan fingerprint density at radius 3 is 2.62 bits per heavy atom. The summed E-state index contributed by atoms with van der Waals surface area (Å²) < 4.78 is 16.4. The first-order chi connectivity index (χ1) is 13.9. The van der Waals surface area contributed by atoms with Gasteiger partial charge in [-0.25, -0.2) is 0 Å². The predicted molar refractivity (Wildman–Crippen MR) is 109 cm³/mol. The van der Waals surface area contributed by atoms with E-state index in [0.717, 1.165) is 4.90 Å². The highest BCUT2D eigenvalue weighted by molar-refractivity contribution is 7.99. The number of para-hydroxylation sites is 2. The highest BCUT2D eigenvalue weighted by atomic mass is 32.2. The molecule has 0 N–H and O–H groups in total. The van der Waals surface area contributed by atoms with Gasteiger partial charge in [-0.05, 0) is 25.1 Å². The second-order valence-corrected chi connectivity index (χ2v) is 7.93. The molecule has 0 aliphatic carbocycles. The van der Waals surface area contributed by atoms with Gasteiger partial charge in [-0.2, -0.15) is 0 Å². The van der Waals surface area contributed by atoms with Crippen LogP contribution in [-0.2, 0) is 9.53 Å². The molecule has 0 fully saturated rings. The standard InChI is InChI=1S/C21H23NO6S/c1-4-27-19(23)13-18-21(2,22(24)25)20(14-9-5-6-10-15(14)28-18)29-17-12-8-7-11-16(17)26-3/h5-12,18,20H,4,13H2,1-3H3/t18-,20-,21-/m1/s1. The summed E-state index contributed by atoms with van der Waals surface area (Å²) in [6.07, 6.45) is -1.18. The van der Waals surface area contributed by atoms with Crippen molar-refractivity contribution in [3.8, 4) is 11.5 Å². The van der Waals surface area contributed by atoms with Crippen LogP contribution in [0.15, 0.2) is 53.4 Å². The van der Waals surface area contributed by atoms with Crippen molar-refractivity contribution < 1.29 is 23.9 Å². The summed E-state index contributed by atoms with van der Waals surface area (Å²) in [6, 6.07) is 14.6.